The number of unbranched alkanes of at least 4 members (excludes halogenated alkanes) is 2. The van der Waals surface area contributed by atoms with Gasteiger partial charge in [0, 0.05) is 5.41 Å². The molecule has 1 aliphatic carbocycles. The summed E-state index contributed by atoms with van der Waals surface area (Å²) in [5.41, 5.74) is 3.45. The Morgan fingerprint density at radius 1 is 0.742 bits per heavy atom. The van der Waals surface area contributed by atoms with Crippen LogP contribution in [0.1, 0.15) is 63.5 Å². The predicted molar refractivity (Wildman–Crippen MR) is 123 cm³/mol. The Morgan fingerprint density at radius 2 is 1.13 bits per heavy atom. The number of methoxy groups -OCH3 is 2. The normalized spacial score (nSPS) is 15.5. The zero-order valence-electron chi connectivity index (χ0n) is 19.1. The van der Waals surface area contributed by atoms with E-state index in [1.54, 1.807) is 0 Å². The van der Waals surface area contributed by atoms with Crippen molar-refractivity contribution in [3.8, 4) is 11.1 Å². The summed E-state index contributed by atoms with van der Waals surface area (Å²) in [5.74, 6) is -1.46. The minimum atomic E-state index is -0.808. The van der Waals surface area contributed by atoms with Crippen molar-refractivity contribution in [1.82, 2.24) is 0 Å². The topological polar surface area (TPSA) is 52.6 Å². The summed E-state index contributed by atoms with van der Waals surface area (Å²) in [6, 6.07) is 16.4. The molecule has 1 aliphatic rings. The number of fused-ring (bicyclic) bond motifs is 3. The Labute approximate surface area is 186 Å². The van der Waals surface area contributed by atoms with Crippen molar-refractivity contribution in [2.45, 2.75) is 57.8 Å². The molecule has 0 saturated heterocycles. The molecule has 4 heteroatoms. The highest BCUT2D eigenvalue weighted by molar-refractivity contribution is 5.90. The molecule has 0 heterocycles. The third kappa shape index (κ3) is 3.88. The first kappa shape index (κ1) is 23.1. The minimum absolute atomic E-state index is 0.259. The van der Waals surface area contributed by atoms with Gasteiger partial charge in [0.05, 0.1) is 26.1 Å². The van der Waals surface area contributed by atoms with Crippen LogP contribution in [0.2, 0.25) is 0 Å². The van der Waals surface area contributed by atoms with Gasteiger partial charge in [0.1, 0.15) is 0 Å². The van der Waals surface area contributed by atoms with Gasteiger partial charge in [-0.2, -0.15) is 0 Å². The van der Waals surface area contributed by atoms with E-state index in [9.17, 15) is 9.59 Å². The van der Waals surface area contributed by atoms with Crippen molar-refractivity contribution in [3.63, 3.8) is 0 Å². The van der Waals surface area contributed by atoms with Crippen LogP contribution in [0, 0.1) is 11.8 Å². The maximum absolute atomic E-state index is 13.3. The molecule has 3 rings (SSSR count). The van der Waals surface area contributed by atoms with Crippen LogP contribution in [0.4, 0.5) is 0 Å². The van der Waals surface area contributed by atoms with E-state index >= 15 is 0 Å². The van der Waals surface area contributed by atoms with Crippen LogP contribution in [-0.4, -0.2) is 26.2 Å². The first-order valence-corrected chi connectivity index (χ1v) is 11.4. The molecule has 0 saturated carbocycles. The Morgan fingerprint density at radius 3 is 1.48 bits per heavy atom. The quantitative estimate of drug-likeness (QED) is 0.447. The molecule has 0 aliphatic heterocycles. The number of hydrogen-bond acceptors (Lipinski definition) is 4. The van der Waals surface area contributed by atoms with E-state index in [-0.39, 0.29) is 11.9 Å². The molecular weight excluding hydrogens is 388 g/mol. The third-order valence-electron chi connectivity index (χ3n) is 6.80. The van der Waals surface area contributed by atoms with Gasteiger partial charge in [-0.1, -0.05) is 88.1 Å². The smallest absolute Gasteiger partial charge is 0.309 e. The second-order valence-electron chi connectivity index (χ2n) is 8.40. The van der Waals surface area contributed by atoms with Crippen LogP contribution >= 0.6 is 0 Å². The molecule has 2 aromatic carbocycles. The van der Waals surface area contributed by atoms with E-state index in [4.69, 9.17) is 9.47 Å². The van der Waals surface area contributed by atoms with Crippen molar-refractivity contribution in [2.24, 2.45) is 11.8 Å². The van der Waals surface area contributed by atoms with Gasteiger partial charge in [0.15, 0.2) is 0 Å². The van der Waals surface area contributed by atoms with Crippen LogP contribution < -0.4 is 0 Å². The Hall–Kier alpha value is -2.62. The van der Waals surface area contributed by atoms with Crippen LogP contribution in [0.25, 0.3) is 11.1 Å². The molecule has 31 heavy (non-hydrogen) atoms. The SMILES string of the molecule is CCCCC(C(=O)OC)C1(C(CCCC)C(=O)OC)c2ccccc2-c2ccccc21. The number of esters is 2. The summed E-state index contributed by atoms with van der Waals surface area (Å²) in [6.07, 6.45) is 5.01. The zero-order chi connectivity index (χ0) is 22.4. The minimum Gasteiger partial charge on any atom is -0.469 e. The van der Waals surface area contributed by atoms with E-state index in [1.807, 2.05) is 24.3 Å². The van der Waals surface area contributed by atoms with Crippen molar-refractivity contribution >= 4 is 11.9 Å². The number of benzene rings is 2. The molecule has 0 radical (unpaired) electrons. The summed E-state index contributed by atoms with van der Waals surface area (Å²) in [7, 11) is 2.89. The Bertz CT molecular complexity index is 841. The molecule has 2 unspecified atom stereocenters. The standard InChI is InChI=1S/C27H34O4/c1-5-7-15-23(25(28)30-3)27(24(16-8-6-2)26(29)31-4)21-17-11-9-13-19(21)20-14-10-12-18-22(20)27/h9-14,17-18,23-24H,5-8,15-16H2,1-4H3. The summed E-state index contributed by atoms with van der Waals surface area (Å²) in [5, 5.41) is 0. The maximum Gasteiger partial charge on any atom is 0.309 e. The monoisotopic (exact) mass is 422 g/mol. The molecule has 0 bridgehead atoms. The van der Waals surface area contributed by atoms with Gasteiger partial charge in [-0.15, -0.1) is 0 Å². The molecule has 0 fully saturated rings. The fourth-order valence-electron chi connectivity index (χ4n) is 5.46. The van der Waals surface area contributed by atoms with E-state index in [2.05, 4.69) is 38.1 Å². The number of ether oxygens (including phenoxy) is 2. The average Bonchev–Trinajstić information content (AvgIpc) is 3.10. The maximum atomic E-state index is 13.3. The fourth-order valence-corrected chi connectivity index (χ4v) is 5.46. The highest BCUT2D eigenvalue weighted by atomic mass is 16.5. The molecule has 4 nitrogen and oxygen atoms in total. The van der Waals surface area contributed by atoms with Crippen molar-refractivity contribution < 1.29 is 19.1 Å². The first-order chi connectivity index (χ1) is 15.1. The molecule has 0 amide bonds. The van der Waals surface area contributed by atoms with Gasteiger partial charge in [0.25, 0.3) is 0 Å². The van der Waals surface area contributed by atoms with E-state index in [0.29, 0.717) is 12.8 Å². The van der Waals surface area contributed by atoms with Crippen molar-refractivity contribution in [1.29, 1.82) is 0 Å². The number of rotatable bonds is 10. The summed E-state index contributed by atoms with van der Waals surface area (Å²) in [6.45, 7) is 4.23. The van der Waals surface area contributed by atoms with Gasteiger partial charge in [-0.25, -0.2) is 0 Å². The second-order valence-corrected chi connectivity index (χ2v) is 8.40. The van der Waals surface area contributed by atoms with Crippen LogP contribution in [0.15, 0.2) is 48.5 Å². The van der Waals surface area contributed by atoms with Crippen LogP contribution in [0.5, 0.6) is 0 Å². The van der Waals surface area contributed by atoms with Crippen LogP contribution in [0.3, 0.4) is 0 Å². The van der Waals surface area contributed by atoms with E-state index < -0.39 is 17.3 Å². The molecule has 0 aromatic heterocycles. The molecule has 2 atom stereocenters. The summed E-state index contributed by atoms with van der Waals surface area (Å²) >= 11 is 0. The lowest BCUT2D eigenvalue weighted by Crippen LogP contribution is -2.49. The fraction of sp³-hybridized carbons (Fsp3) is 0.481. The van der Waals surface area contributed by atoms with E-state index in [0.717, 1.165) is 47.9 Å². The Kier molecular flexibility index (Phi) is 7.53. The molecular formula is C27H34O4. The number of carbonyl (C=O) groups excluding carboxylic acids is 2. The van der Waals surface area contributed by atoms with Gasteiger partial charge in [-0.05, 0) is 35.1 Å². The third-order valence-corrected chi connectivity index (χ3v) is 6.80. The lowest BCUT2D eigenvalue weighted by atomic mass is 9.58. The van der Waals surface area contributed by atoms with Gasteiger partial charge < -0.3 is 9.47 Å². The van der Waals surface area contributed by atoms with Gasteiger partial charge >= 0.3 is 11.9 Å². The van der Waals surface area contributed by atoms with E-state index in [1.165, 1.54) is 14.2 Å². The van der Waals surface area contributed by atoms with Crippen LogP contribution in [-0.2, 0) is 24.5 Å². The zero-order valence-corrected chi connectivity index (χ0v) is 19.1. The summed E-state index contributed by atoms with van der Waals surface area (Å²) < 4.78 is 10.7. The largest absolute Gasteiger partial charge is 0.469 e. The number of carbonyl (C=O) groups is 2. The highest BCUT2D eigenvalue weighted by Gasteiger charge is 2.58. The van der Waals surface area contributed by atoms with Gasteiger partial charge in [-0.3, -0.25) is 9.59 Å². The van der Waals surface area contributed by atoms with Crippen molar-refractivity contribution in [2.75, 3.05) is 14.2 Å². The average molecular weight is 423 g/mol. The molecule has 0 N–H and O–H groups in total. The lowest BCUT2D eigenvalue weighted by molar-refractivity contribution is -0.154. The molecule has 2 aromatic rings. The molecule has 166 valence electrons. The van der Waals surface area contributed by atoms with Gasteiger partial charge in [0.2, 0.25) is 0 Å². The van der Waals surface area contributed by atoms with Crippen molar-refractivity contribution in [3.05, 3.63) is 59.7 Å². The molecule has 0 spiro atoms. The highest BCUT2D eigenvalue weighted by Crippen LogP contribution is 2.59. The Balaban J connectivity index is 2.39. The summed E-state index contributed by atoms with van der Waals surface area (Å²) in [4.78, 5) is 26.7. The number of hydrogen-bond donors (Lipinski definition) is 0. The predicted octanol–water partition coefficient (Wildman–Crippen LogP) is 5.91. The second kappa shape index (κ2) is 10.1. The first-order valence-electron chi connectivity index (χ1n) is 11.4. The lowest BCUT2D eigenvalue weighted by Gasteiger charge is -2.43.